The van der Waals surface area contributed by atoms with Gasteiger partial charge in [0.1, 0.15) is 0 Å². The first kappa shape index (κ1) is 19.6. The van der Waals surface area contributed by atoms with Gasteiger partial charge in [-0.15, -0.1) is 0 Å². The highest BCUT2D eigenvalue weighted by atomic mass is 32.2. The van der Waals surface area contributed by atoms with E-state index in [9.17, 15) is 13.2 Å². The lowest BCUT2D eigenvalue weighted by atomic mass is 10.1. The topological polar surface area (TPSA) is 90.3 Å². The van der Waals surface area contributed by atoms with Gasteiger partial charge in [-0.3, -0.25) is 4.79 Å². The number of hydrogen-bond donors (Lipinski definition) is 1. The van der Waals surface area contributed by atoms with Crippen LogP contribution >= 0.6 is 0 Å². The number of amides is 1. The molecule has 0 radical (unpaired) electrons. The Morgan fingerprint density at radius 2 is 1.85 bits per heavy atom. The van der Waals surface area contributed by atoms with Crippen LogP contribution in [0.1, 0.15) is 29.8 Å². The van der Waals surface area contributed by atoms with Crippen LogP contribution in [0.5, 0.6) is 0 Å². The summed E-state index contributed by atoms with van der Waals surface area (Å²) in [5.41, 5.74) is 1.68. The van der Waals surface area contributed by atoms with E-state index in [1.165, 1.54) is 23.5 Å². The number of carbonyl (C=O) groups is 1. The van der Waals surface area contributed by atoms with Crippen LogP contribution in [-0.2, 0) is 16.4 Å². The summed E-state index contributed by atoms with van der Waals surface area (Å²) in [4.78, 5) is 12.5. The normalized spacial score (nSPS) is 11.4. The van der Waals surface area contributed by atoms with Crippen molar-refractivity contribution in [2.45, 2.75) is 31.2 Å². The Bertz CT molecular complexity index is 929. The Hall–Kier alpha value is -2.69. The molecule has 0 spiro atoms. The second-order valence-corrected chi connectivity index (χ2v) is 8.13. The highest BCUT2D eigenvalue weighted by Crippen LogP contribution is 2.19. The average molecular weight is 371 g/mol. The third-order valence-corrected chi connectivity index (χ3v) is 6.02. The Kier molecular flexibility index (Phi) is 6.14. The number of anilines is 1. The molecule has 2 aromatic carbocycles. The predicted octanol–water partition coefficient (Wildman–Crippen LogP) is 3.03. The van der Waals surface area contributed by atoms with Gasteiger partial charge in [-0.1, -0.05) is 18.2 Å². The van der Waals surface area contributed by atoms with Crippen molar-refractivity contribution in [1.82, 2.24) is 4.31 Å². The van der Waals surface area contributed by atoms with Gasteiger partial charge in [-0.25, -0.2) is 8.42 Å². The summed E-state index contributed by atoms with van der Waals surface area (Å²) in [5, 5.41) is 11.4. The van der Waals surface area contributed by atoms with Crippen LogP contribution in [0.3, 0.4) is 0 Å². The van der Waals surface area contributed by atoms with Gasteiger partial charge < -0.3 is 5.32 Å². The third-order valence-electron chi connectivity index (χ3n) is 4.00. The number of nitrogens with zero attached hydrogens (tertiary/aromatic N) is 2. The molecule has 0 fully saturated rings. The number of sulfonamides is 1. The zero-order valence-corrected chi connectivity index (χ0v) is 15.7. The van der Waals surface area contributed by atoms with Crippen LogP contribution in [0.25, 0.3) is 0 Å². The fraction of sp³-hybridized carbons (Fsp3) is 0.263. The molecule has 0 unspecified atom stereocenters. The molecule has 0 aromatic heterocycles. The standard InChI is InChI=1S/C19H21N3O3S/c1-14(2)22(3)26(24,25)18-6-4-5-16(13-18)19(23)21-17-9-7-15(8-10-17)11-12-20/h4-10,13-14H,11H2,1-3H3,(H,21,23). The van der Waals surface area contributed by atoms with Gasteiger partial charge in [0.15, 0.2) is 0 Å². The van der Waals surface area contributed by atoms with Crippen LogP contribution in [0.2, 0.25) is 0 Å². The lowest BCUT2D eigenvalue weighted by Crippen LogP contribution is -2.33. The van der Waals surface area contributed by atoms with Crippen molar-refractivity contribution in [3.63, 3.8) is 0 Å². The van der Waals surface area contributed by atoms with Crippen molar-refractivity contribution in [1.29, 1.82) is 5.26 Å². The van der Waals surface area contributed by atoms with Crippen LogP contribution in [0.15, 0.2) is 53.4 Å². The molecule has 0 bridgehead atoms. The monoisotopic (exact) mass is 371 g/mol. The largest absolute Gasteiger partial charge is 0.322 e. The lowest BCUT2D eigenvalue weighted by Gasteiger charge is -2.21. The molecular weight excluding hydrogens is 350 g/mol. The maximum absolute atomic E-state index is 12.6. The number of hydrogen-bond acceptors (Lipinski definition) is 4. The quantitative estimate of drug-likeness (QED) is 0.845. The average Bonchev–Trinajstić information content (AvgIpc) is 2.63. The number of carbonyl (C=O) groups excluding carboxylic acids is 1. The van der Waals surface area contributed by atoms with E-state index in [4.69, 9.17) is 5.26 Å². The molecule has 0 saturated heterocycles. The molecule has 26 heavy (non-hydrogen) atoms. The molecule has 1 N–H and O–H groups in total. The number of nitriles is 1. The van der Waals surface area contributed by atoms with Crippen LogP contribution in [0, 0.1) is 11.3 Å². The van der Waals surface area contributed by atoms with E-state index in [1.807, 2.05) is 0 Å². The predicted molar refractivity (Wildman–Crippen MR) is 100 cm³/mol. The summed E-state index contributed by atoms with van der Waals surface area (Å²) in [6.07, 6.45) is 0.303. The first-order chi connectivity index (χ1) is 12.3. The molecule has 0 saturated carbocycles. The van der Waals surface area contributed by atoms with Gasteiger partial charge in [0, 0.05) is 24.3 Å². The SMILES string of the molecule is CC(C)N(C)S(=O)(=O)c1cccc(C(=O)Nc2ccc(CC#N)cc2)c1. The molecular formula is C19H21N3O3S. The van der Waals surface area contributed by atoms with Crippen molar-refractivity contribution in [3.05, 3.63) is 59.7 Å². The number of nitrogens with one attached hydrogen (secondary N) is 1. The third kappa shape index (κ3) is 4.48. The van der Waals surface area contributed by atoms with Crippen LogP contribution in [0.4, 0.5) is 5.69 Å². The van der Waals surface area contributed by atoms with Gasteiger partial charge in [0.25, 0.3) is 5.91 Å². The van der Waals surface area contributed by atoms with E-state index >= 15 is 0 Å². The van der Waals surface area contributed by atoms with Crippen molar-refractivity contribution in [2.24, 2.45) is 0 Å². The minimum absolute atomic E-state index is 0.0747. The summed E-state index contributed by atoms with van der Waals surface area (Å²) in [5.74, 6) is -0.401. The van der Waals surface area contributed by atoms with Crippen LogP contribution < -0.4 is 5.32 Å². The molecule has 2 rings (SSSR count). The zero-order valence-electron chi connectivity index (χ0n) is 14.9. The van der Waals surface area contributed by atoms with E-state index in [0.29, 0.717) is 12.1 Å². The van der Waals surface area contributed by atoms with Gasteiger partial charge >= 0.3 is 0 Å². The summed E-state index contributed by atoms with van der Waals surface area (Å²) < 4.78 is 26.4. The molecule has 136 valence electrons. The second-order valence-electron chi connectivity index (χ2n) is 6.13. The summed E-state index contributed by atoms with van der Waals surface area (Å²) in [7, 11) is -2.15. The maximum atomic E-state index is 12.6. The summed E-state index contributed by atoms with van der Waals surface area (Å²) in [6.45, 7) is 3.56. The fourth-order valence-electron chi connectivity index (χ4n) is 2.24. The van der Waals surface area contributed by atoms with Gasteiger partial charge in [0.2, 0.25) is 10.0 Å². The summed E-state index contributed by atoms with van der Waals surface area (Å²) >= 11 is 0. The second kappa shape index (κ2) is 8.13. The Balaban J connectivity index is 2.21. The van der Waals surface area contributed by atoms with E-state index in [-0.39, 0.29) is 16.5 Å². The van der Waals surface area contributed by atoms with Crippen molar-refractivity contribution >= 4 is 21.6 Å². The number of benzene rings is 2. The smallest absolute Gasteiger partial charge is 0.255 e. The van der Waals surface area contributed by atoms with Gasteiger partial charge in [-0.05, 0) is 49.7 Å². The summed E-state index contributed by atoms with van der Waals surface area (Å²) in [6, 6.07) is 14.8. The molecule has 6 nitrogen and oxygen atoms in total. The highest BCUT2D eigenvalue weighted by Gasteiger charge is 2.23. The lowest BCUT2D eigenvalue weighted by molar-refractivity contribution is 0.102. The van der Waals surface area contributed by atoms with E-state index in [1.54, 1.807) is 50.2 Å². The molecule has 0 aliphatic carbocycles. The number of rotatable bonds is 6. The fourth-order valence-corrected chi connectivity index (χ4v) is 3.66. The molecule has 0 aliphatic heterocycles. The van der Waals surface area contributed by atoms with Crippen LogP contribution in [-0.4, -0.2) is 31.7 Å². The Labute approximate surface area is 154 Å². The van der Waals surface area contributed by atoms with Crippen molar-refractivity contribution in [2.75, 3.05) is 12.4 Å². The van der Waals surface area contributed by atoms with E-state index in [0.717, 1.165) is 5.56 Å². The molecule has 2 aromatic rings. The molecule has 0 heterocycles. The Morgan fingerprint density at radius 3 is 2.42 bits per heavy atom. The van der Waals surface area contributed by atoms with E-state index in [2.05, 4.69) is 11.4 Å². The molecule has 0 aliphatic rings. The Morgan fingerprint density at radius 1 is 1.19 bits per heavy atom. The maximum Gasteiger partial charge on any atom is 0.255 e. The molecule has 7 heteroatoms. The molecule has 0 atom stereocenters. The first-order valence-corrected chi connectivity index (χ1v) is 9.55. The van der Waals surface area contributed by atoms with Gasteiger partial charge in [-0.2, -0.15) is 9.57 Å². The first-order valence-electron chi connectivity index (χ1n) is 8.11. The van der Waals surface area contributed by atoms with Crippen molar-refractivity contribution < 1.29 is 13.2 Å². The minimum Gasteiger partial charge on any atom is -0.322 e. The van der Waals surface area contributed by atoms with Gasteiger partial charge in [0.05, 0.1) is 17.4 Å². The molecule has 1 amide bonds. The zero-order chi connectivity index (χ0) is 19.3. The van der Waals surface area contributed by atoms with E-state index < -0.39 is 15.9 Å². The minimum atomic E-state index is -3.66. The van der Waals surface area contributed by atoms with Crippen molar-refractivity contribution in [3.8, 4) is 6.07 Å². The highest BCUT2D eigenvalue weighted by molar-refractivity contribution is 7.89.